The zero-order valence-electron chi connectivity index (χ0n) is 10.8. The zero-order chi connectivity index (χ0) is 14.5. The average Bonchev–Trinajstić information content (AvgIpc) is 2.38. The second kappa shape index (κ2) is 6.31. The molecule has 0 saturated carbocycles. The van der Waals surface area contributed by atoms with E-state index in [9.17, 15) is 13.2 Å². The van der Waals surface area contributed by atoms with Crippen molar-refractivity contribution < 1.29 is 13.2 Å². The minimum absolute atomic E-state index is 0.00153. The number of sulfonamides is 1. The standard InChI is InChI=1S/C12H15N3O3S/c1-3-14-12(16)9-15(2)19(17,18)11-6-4-5-10(7-11)8-13/h4-7H,3,9H2,1-2H3,(H,14,16). The molecule has 1 aromatic rings. The molecule has 1 N–H and O–H groups in total. The fourth-order valence-electron chi connectivity index (χ4n) is 1.45. The van der Waals surface area contributed by atoms with Crippen molar-refractivity contribution in [1.29, 1.82) is 5.26 Å². The highest BCUT2D eigenvalue weighted by Gasteiger charge is 2.22. The predicted octanol–water partition coefficient (Wildman–Crippen LogP) is 0.315. The summed E-state index contributed by atoms with van der Waals surface area (Å²) in [5.41, 5.74) is 0.257. The van der Waals surface area contributed by atoms with Gasteiger partial charge in [-0.3, -0.25) is 4.79 Å². The van der Waals surface area contributed by atoms with Gasteiger partial charge in [-0.05, 0) is 25.1 Å². The first-order chi connectivity index (χ1) is 8.91. The van der Waals surface area contributed by atoms with Gasteiger partial charge in [-0.1, -0.05) is 6.07 Å². The summed E-state index contributed by atoms with van der Waals surface area (Å²) in [5, 5.41) is 11.3. The van der Waals surface area contributed by atoms with Gasteiger partial charge in [0.1, 0.15) is 0 Å². The number of nitrogens with zero attached hydrogens (tertiary/aromatic N) is 2. The van der Waals surface area contributed by atoms with E-state index in [2.05, 4.69) is 5.32 Å². The lowest BCUT2D eigenvalue weighted by Gasteiger charge is -2.16. The molecule has 0 bridgehead atoms. The Hall–Kier alpha value is -1.91. The third-order valence-electron chi connectivity index (χ3n) is 2.41. The summed E-state index contributed by atoms with van der Waals surface area (Å²) >= 11 is 0. The van der Waals surface area contributed by atoms with Gasteiger partial charge >= 0.3 is 0 Å². The molecule has 0 aliphatic carbocycles. The number of hydrogen-bond donors (Lipinski definition) is 1. The van der Waals surface area contributed by atoms with Crippen LogP contribution in [0.5, 0.6) is 0 Å². The van der Waals surface area contributed by atoms with Crippen LogP contribution in [0.1, 0.15) is 12.5 Å². The van der Waals surface area contributed by atoms with Gasteiger partial charge in [-0.2, -0.15) is 9.57 Å². The Balaban J connectivity index is 2.97. The van der Waals surface area contributed by atoms with Crippen LogP contribution in [0.4, 0.5) is 0 Å². The number of likely N-dealkylation sites (N-methyl/N-ethyl adjacent to an activating group) is 2. The van der Waals surface area contributed by atoms with Crippen molar-refractivity contribution in [2.24, 2.45) is 0 Å². The number of carbonyl (C=O) groups is 1. The highest BCUT2D eigenvalue weighted by Crippen LogP contribution is 2.15. The highest BCUT2D eigenvalue weighted by atomic mass is 32.2. The summed E-state index contributed by atoms with van der Waals surface area (Å²) in [5.74, 6) is -0.370. The molecule has 0 spiro atoms. The van der Waals surface area contributed by atoms with Crippen LogP contribution >= 0.6 is 0 Å². The quantitative estimate of drug-likeness (QED) is 0.841. The molecule has 19 heavy (non-hydrogen) atoms. The molecule has 7 heteroatoms. The van der Waals surface area contributed by atoms with Crippen LogP contribution in [0.3, 0.4) is 0 Å². The van der Waals surface area contributed by atoms with Gasteiger partial charge in [0, 0.05) is 13.6 Å². The maximum atomic E-state index is 12.2. The van der Waals surface area contributed by atoms with Gasteiger partial charge in [0.25, 0.3) is 0 Å². The number of benzene rings is 1. The highest BCUT2D eigenvalue weighted by molar-refractivity contribution is 7.89. The monoisotopic (exact) mass is 281 g/mol. The summed E-state index contributed by atoms with van der Waals surface area (Å²) in [4.78, 5) is 11.4. The number of hydrogen-bond acceptors (Lipinski definition) is 4. The zero-order valence-corrected chi connectivity index (χ0v) is 11.6. The largest absolute Gasteiger partial charge is 0.355 e. The molecular weight excluding hydrogens is 266 g/mol. The molecule has 0 fully saturated rings. The lowest BCUT2D eigenvalue weighted by Crippen LogP contribution is -2.38. The van der Waals surface area contributed by atoms with Crippen LogP contribution in [-0.2, 0) is 14.8 Å². The summed E-state index contributed by atoms with van der Waals surface area (Å²) in [6, 6.07) is 7.56. The molecule has 0 atom stereocenters. The van der Waals surface area contributed by atoms with Gasteiger partial charge in [0.05, 0.1) is 23.1 Å². The van der Waals surface area contributed by atoms with E-state index in [0.717, 1.165) is 4.31 Å². The van der Waals surface area contributed by atoms with Crippen LogP contribution in [0.25, 0.3) is 0 Å². The molecule has 0 saturated heterocycles. The van der Waals surface area contributed by atoms with Crippen LogP contribution in [0, 0.1) is 11.3 Å². The average molecular weight is 281 g/mol. The maximum absolute atomic E-state index is 12.2. The van der Waals surface area contributed by atoms with Crippen LogP contribution < -0.4 is 5.32 Å². The molecule has 1 amide bonds. The first kappa shape index (κ1) is 15.1. The first-order valence-corrected chi connectivity index (χ1v) is 7.09. The molecule has 0 heterocycles. The van der Waals surface area contributed by atoms with E-state index in [0.29, 0.717) is 6.54 Å². The van der Waals surface area contributed by atoms with Crippen LogP contribution in [0.2, 0.25) is 0 Å². The van der Waals surface area contributed by atoms with Gasteiger partial charge in [-0.25, -0.2) is 8.42 Å². The molecule has 6 nitrogen and oxygen atoms in total. The van der Waals surface area contributed by atoms with E-state index < -0.39 is 10.0 Å². The Kier molecular flexibility index (Phi) is 5.03. The Morgan fingerprint density at radius 3 is 2.74 bits per heavy atom. The van der Waals surface area contributed by atoms with Crippen LogP contribution in [0.15, 0.2) is 29.2 Å². The van der Waals surface area contributed by atoms with Gasteiger partial charge < -0.3 is 5.32 Å². The summed E-state index contributed by atoms with van der Waals surface area (Å²) in [7, 11) is -2.44. The number of carbonyl (C=O) groups excluding carboxylic acids is 1. The van der Waals surface area contributed by atoms with Gasteiger partial charge in [0.2, 0.25) is 15.9 Å². The minimum Gasteiger partial charge on any atom is -0.355 e. The van der Waals surface area contributed by atoms with Crippen molar-refractivity contribution in [3.05, 3.63) is 29.8 Å². The van der Waals surface area contributed by atoms with Gasteiger partial charge in [0.15, 0.2) is 0 Å². The Bertz CT molecular complexity index is 605. The molecular formula is C12H15N3O3S. The molecule has 0 aromatic heterocycles. The lowest BCUT2D eigenvalue weighted by atomic mass is 10.2. The number of nitrogens with one attached hydrogen (secondary N) is 1. The van der Waals surface area contributed by atoms with Crippen molar-refractivity contribution >= 4 is 15.9 Å². The van der Waals surface area contributed by atoms with Crippen molar-refractivity contribution in [1.82, 2.24) is 9.62 Å². The molecule has 1 rings (SSSR count). The second-order valence-electron chi connectivity index (χ2n) is 3.85. The fourth-order valence-corrected chi connectivity index (χ4v) is 2.62. The normalized spacial score (nSPS) is 11.1. The third-order valence-corrected chi connectivity index (χ3v) is 4.21. The van der Waals surface area contributed by atoms with E-state index >= 15 is 0 Å². The molecule has 1 aromatic carbocycles. The fraction of sp³-hybridized carbons (Fsp3) is 0.333. The van der Waals surface area contributed by atoms with Crippen LogP contribution in [-0.4, -0.2) is 38.8 Å². The molecule has 102 valence electrons. The SMILES string of the molecule is CCNC(=O)CN(C)S(=O)(=O)c1cccc(C#N)c1. The van der Waals surface area contributed by atoms with Crippen molar-refractivity contribution in [2.45, 2.75) is 11.8 Å². The van der Waals surface area contributed by atoms with E-state index in [1.165, 1.54) is 31.3 Å². The van der Waals surface area contributed by atoms with Crippen molar-refractivity contribution in [3.63, 3.8) is 0 Å². The topological polar surface area (TPSA) is 90.3 Å². The molecule has 0 unspecified atom stereocenters. The Morgan fingerprint density at radius 2 is 2.16 bits per heavy atom. The molecule has 0 radical (unpaired) electrons. The van der Waals surface area contributed by atoms with E-state index in [4.69, 9.17) is 5.26 Å². The second-order valence-corrected chi connectivity index (χ2v) is 5.90. The Labute approximate surface area is 112 Å². The number of nitriles is 1. The number of amides is 1. The first-order valence-electron chi connectivity index (χ1n) is 5.65. The summed E-state index contributed by atoms with van der Waals surface area (Å²) in [6.07, 6.45) is 0. The summed E-state index contributed by atoms with van der Waals surface area (Å²) in [6.45, 7) is 1.94. The van der Waals surface area contributed by atoms with E-state index in [1.54, 1.807) is 6.92 Å². The van der Waals surface area contributed by atoms with E-state index in [1.807, 2.05) is 6.07 Å². The van der Waals surface area contributed by atoms with E-state index in [-0.39, 0.29) is 22.9 Å². The Morgan fingerprint density at radius 1 is 1.47 bits per heavy atom. The minimum atomic E-state index is -3.76. The molecule has 0 aliphatic heterocycles. The van der Waals surface area contributed by atoms with Crippen molar-refractivity contribution in [2.75, 3.05) is 20.1 Å². The van der Waals surface area contributed by atoms with Gasteiger partial charge in [-0.15, -0.1) is 0 Å². The smallest absolute Gasteiger partial charge is 0.243 e. The van der Waals surface area contributed by atoms with Crippen molar-refractivity contribution in [3.8, 4) is 6.07 Å². The third kappa shape index (κ3) is 3.77. The molecule has 0 aliphatic rings. The maximum Gasteiger partial charge on any atom is 0.243 e. The lowest BCUT2D eigenvalue weighted by molar-refractivity contribution is -0.121. The number of rotatable bonds is 5. The summed E-state index contributed by atoms with van der Waals surface area (Å²) < 4.78 is 25.3. The predicted molar refractivity (Wildman–Crippen MR) is 69.7 cm³/mol.